The number of hydrogen-bond donors (Lipinski definition) is 1. The number of rotatable bonds is 2. The molecule has 1 aliphatic rings. The largest absolute Gasteiger partial charge is 0.480 e. The Hall–Kier alpha value is -1.73. The van der Waals surface area contributed by atoms with Crippen molar-refractivity contribution in [3.63, 3.8) is 0 Å². The standard InChI is InChI=1S/C14H15ClN2O2/c1-9-3-2-6-17(13(9)14(18)19)11-5-4-10(8-16)12(15)7-11/h4-5,7,9,13H,2-3,6H2,1H3,(H,18,19). The number of benzene rings is 1. The third-order valence-corrected chi connectivity index (χ3v) is 3.90. The molecule has 0 radical (unpaired) electrons. The monoisotopic (exact) mass is 278 g/mol. The third kappa shape index (κ3) is 2.66. The Balaban J connectivity index is 2.36. The van der Waals surface area contributed by atoms with Crippen molar-refractivity contribution >= 4 is 23.3 Å². The number of carboxylic acids is 1. The highest BCUT2D eigenvalue weighted by molar-refractivity contribution is 6.32. The second-order valence-electron chi connectivity index (χ2n) is 4.87. The first kappa shape index (κ1) is 13.7. The van der Waals surface area contributed by atoms with Crippen LogP contribution in [0.3, 0.4) is 0 Å². The minimum absolute atomic E-state index is 0.0978. The second kappa shape index (κ2) is 5.50. The van der Waals surface area contributed by atoms with Gasteiger partial charge in [0.2, 0.25) is 0 Å². The lowest BCUT2D eigenvalue weighted by molar-refractivity contribution is -0.140. The molecule has 1 fully saturated rings. The van der Waals surface area contributed by atoms with Gasteiger partial charge in [-0.25, -0.2) is 4.79 Å². The molecule has 1 aromatic carbocycles. The fourth-order valence-corrected chi connectivity index (χ4v) is 2.84. The second-order valence-corrected chi connectivity index (χ2v) is 5.28. The average molecular weight is 279 g/mol. The molecule has 0 aliphatic carbocycles. The molecule has 1 aromatic rings. The maximum absolute atomic E-state index is 11.4. The number of hydrogen-bond acceptors (Lipinski definition) is 3. The van der Waals surface area contributed by atoms with Crippen molar-refractivity contribution in [2.24, 2.45) is 5.92 Å². The molecular weight excluding hydrogens is 264 g/mol. The fraction of sp³-hybridized carbons (Fsp3) is 0.429. The van der Waals surface area contributed by atoms with E-state index in [4.69, 9.17) is 16.9 Å². The van der Waals surface area contributed by atoms with Crippen molar-refractivity contribution in [1.29, 1.82) is 5.26 Å². The van der Waals surface area contributed by atoms with Crippen molar-refractivity contribution < 1.29 is 9.90 Å². The highest BCUT2D eigenvalue weighted by Crippen LogP contribution is 2.31. The lowest BCUT2D eigenvalue weighted by Crippen LogP contribution is -2.49. The zero-order valence-corrected chi connectivity index (χ0v) is 11.4. The third-order valence-electron chi connectivity index (χ3n) is 3.59. The first-order valence-corrected chi connectivity index (χ1v) is 6.61. The number of carboxylic acid groups (broad SMARTS) is 1. The summed E-state index contributed by atoms with van der Waals surface area (Å²) in [7, 11) is 0. The molecule has 1 N–H and O–H groups in total. The van der Waals surface area contributed by atoms with Crippen LogP contribution in [0.25, 0.3) is 0 Å². The maximum Gasteiger partial charge on any atom is 0.326 e. The van der Waals surface area contributed by atoms with Crippen LogP contribution in [0.15, 0.2) is 18.2 Å². The molecule has 2 unspecified atom stereocenters. The predicted octanol–water partition coefficient (Wildman–Crippen LogP) is 2.90. The van der Waals surface area contributed by atoms with Crippen LogP contribution in [0.4, 0.5) is 5.69 Å². The Morgan fingerprint density at radius 2 is 2.32 bits per heavy atom. The van der Waals surface area contributed by atoms with Crippen LogP contribution >= 0.6 is 11.6 Å². The summed E-state index contributed by atoms with van der Waals surface area (Å²) in [6, 6.07) is 6.54. The molecule has 4 nitrogen and oxygen atoms in total. The van der Waals surface area contributed by atoms with Crippen LogP contribution in [0.2, 0.25) is 5.02 Å². The topological polar surface area (TPSA) is 64.3 Å². The van der Waals surface area contributed by atoms with E-state index in [1.54, 1.807) is 18.2 Å². The van der Waals surface area contributed by atoms with E-state index in [9.17, 15) is 9.90 Å². The molecular formula is C14H15ClN2O2. The Bertz CT molecular complexity index is 539. The number of halogens is 1. The Morgan fingerprint density at radius 3 is 2.89 bits per heavy atom. The molecule has 0 amide bonds. The summed E-state index contributed by atoms with van der Waals surface area (Å²) in [6.45, 7) is 2.65. The minimum Gasteiger partial charge on any atom is -0.480 e. The molecule has 0 spiro atoms. The van der Waals surface area contributed by atoms with Gasteiger partial charge < -0.3 is 10.0 Å². The van der Waals surface area contributed by atoms with Gasteiger partial charge >= 0.3 is 5.97 Å². The van der Waals surface area contributed by atoms with Gasteiger partial charge in [0.25, 0.3) is 0 Å². The van der Waals surface area contributed by atoms with Gasteiger partial charge in [0.15, 0.2) is 0 Å². The number of carbonyl (C=O) groups is 1. The van der Waals surface area contributed by atoms with E-state index in [0.717, 1.165) is 18.5 Å². The summed E-state index contributed by atoms with van der Waals surface area (Å²) in [5.41, 5.74) is 1.17. The Morgan fingerprint density at radius 1 is 1.58 bits per heavy atom. The predicted molar refractivity (Wildman–Crippen MR) is 73.3 cm³/mol. The van der Waals surface area contributed by atoms with E-state index in [-0.39, 0.29) is 5.92 Å². The summed E-state index contributed by atoms with van der Waals surface area (Å²) in [5, 5.41) is 18.6. The molecule has 1 aliphatic heterocycles. The minimum atomic E-state index is -0.812. The number of nitriles is 1. The molecule has 2 atom stereocenters. The van der Waals surface area contributed by atoms with Crippen LogP contribution < -0.4 is 4.90 Å². The van der Waals surface area contributed by atoms with E-state index in [0.29, 0.717) is 17.1 Å². The summed E-state index contributed by atoms with van der Waals surface area (Å²) >= 11 is 6.02. The molecule has 2 rings (SSSR count). The Labute approximate surface area is 117 Å². The van der Waals surface area contributed by atoms with Crippen molar-refractivity contribution in [3.8, 4) is 6.07 Å². The smallest absolute Gasteiger partial charge is 0.326 e. The quantitative estimate of drug-likeness (QED) is 0.903. The lowest BCUT2D eigenvalue weighted by Gasteiger charge is -2.39. The molecule has 19 heavy (non-hydrogen) atoms. The summed E-state index contributed by atoms with van der Waals surface area (Å²) in [5.74, 6) is -0.714. The van der Waals surface area contributed by atoms with E-state index < -0.39 is 12.0 Å². The molecule has 1 saturated heterocycles. The van der Waals surface area contributed by atoms with Crippen LogP contribution in [0.5, 0.6) is 0 Å². The maximum atomic E-state index is 11.4. The first-order chi connectivity index (χ1) is 9.04. The summed E-state index contributed by atoms with van der Waals surface area (Å²) < 4.78 is 0. The molecule has 0 aromatic heterocycles. The van der Waals surface area contributed by atoms with Crippen LogP contribution in [0, 0.1) is 17.2 Å². The van der Waals surface area contributed by atoms with Gasteiger partial charge in [0.05, 0.1) is 10.6 Å². The normalized spacial score (nSPS) is 22.9. The molecule has 5 heteroatoms. The SMILES string of the molecule is CC1CCCN(c2ccc(C#N)c(Cl)c2)C1C(=O)O. The highest BCUT2D eigenvalue weighted by Gasteiger charge is 2.34. The first-order valence-electron chi connectivity index (χ1n) is 6.23. The van der Waals surface area contributed by atoms with Crippen LogP contribution in [-0.2, 0) is 4.79 Å². The van der Waals surface area contributed by atoms with Gasteiger partial charge in [0, 0.05) is 12.2 Å². The van der Waals surface area contributed by atoms with Gasteiger partial charge in [-0.1, -0.05) is 18.5 Å². The van der Waals surface area contributed by atoms with Gasteiger partial charge in [0.1, 0.15) is 12.1 Å². The fourth-order valence-electron chi connectivity index (χ4n) is 2.63. The van der Waals surface area contributed by atoms with E-state index >= 15 is 0 Å². The lowest BCUT2D eigenvalue weighted by atomic mass is 9.90. The van der Waals surface area contributed by atoms with Gasteiger partial charge in [-0.15, -0.1) is 0 Å². The van der Waals surface area contributed by atoms with Gasteiger partial charge in [-0.05, 0) is 37.0 Å². The Kier molecular flexibility index (Phi) is 3.96. The zero-order chi connectivity index (χ0) is 14.0. The van der Waals surface area contributed by atoms with E-state index in [1.807, 2.05) is 17.9 Å². The van der Waals surface area contributed by atoms with Crippen LogP contribution in [-0.4, -0.2) is 23.7 Å². The van der Waals surface area contributed by atoms with Crippen molar-refractivity contribution in [1.82, 2.24) is 0 Å². The molecule has 0 bridgehead atoms. The zero-order valence-electron chi connectivity index (χ0n) is 10.6. The average Bonchev–Trinajstić information content (AvgIpc) is 2.37. The van der Waals surface area contributed by atoms with E-state index in [2.05, 4.69) is 0 Å². The van der Waals surface area contributed by atoms with Gasteiger partial charge in [-0.2, -0.15) is 5.26 Å². The number of piperidine rings is 1. The highest BCUT2D eigenvalue weighted by atomic mass is 35.5. The molecule has 100 valence electrons. The molecule has 1 heterocycles. The molecule has 0 saturated carbocycles. The van der Waals surface area contributed by atoms with E-state index in [1.165, 1.54) is 0 Å². The van der Waals surface area contributed by atoms with Crippen LogP contribution in [0.1, 0.15) is 25.3 Å². The van der Waals surface area contributed by atoms with Crippen molar-refractivity contribution in [3.05, 3.63) is 28.8 Å². The number of nitrogens with zero attached hydrogens (tertiary/aromatic N) is 2. The number of anilines is 1. The van der Waals surface area contributed by atoms with Crippen molar-refractivity contribution in [2.45, 2.75) is 25.8 Å². The number of aliphatic carboxylic acids is 1. The van der Waals surface area contributed by atoms with Gasteiger partial charge in [-0.3, -0.25) is 0 Å². The summed E-state index contributed by atoms with van der Waals surface area (Å²) in [4.78, 5) is 13.3. The van der Waals surface area contributed by atoms with Crippen molar-refractivity contribution in [2.75, 3.05) is 11.4 Å². The summed E-state index contributed by atoms with van der Waals surface area (Å²) in [6.07, 6.45) is 1.88.